The average Bonchev–Trinajstić information content (AvgIpc) is 2.43. The van der Waals surface area contributed by atoms with Crippen LogP contribution in [0.5, 0.6) is 5.75 Å². The van der Waals surface area contributed by atoms with E-state index in [1.807, 2.05) is 42.5 Å². The Bertz CT molecular complexity index is 519. The lowest BCUT2D eigenvalue weighted by atomic mass is 10.3. The van der Waals surface area contributed by atoms with Gasteiger partial charge in [-0.1, -0.05) is 29.8 Å². The van der Waals surface area contributed by atoms with Gasteiger partial charge in [-0.25, -0.2) is 0 Å². The first-order valence-corrected chi connectivity index (χ1v) is 7.48. The van der Waals surface area contributed by atoms with Crippen molar-refractivity contribution in [1.29, 1.82) is 0 Å². The summed E-state index contributed by atoms with van der Waals surface area (Å²) in [6.45, 7) is 0.706. The van der Waals surface area contributed by atoms with Crippen LogP contribution in [0.15, 0.2) is 53.4 Å². The largest absolute Gasteiger partial charge is 0.494 e. The molecule has 0 saturated heterocycles. The number of thioether (sulfide) groups is 1. The molecule has 0 unspecified atom stereocenters. The van der Waals surface area contributed by atoms with Crippen molar-refractivity contribution in [3.63, 3.8) is 0 Å². The van der Waals surface area contributed by atoms with Crippen molar-refractivity contribution in [2.45, 2.75) is 11.3 Å². The quantitative estimate of drug-likeness (QED) is 0.484. The first-order valence-electron chi connectivity index (χ1n) is 6.11. The molecule has 0 radical (unpaired) electrons. The van der Waals surface area contributed by atoms with Crippen molar-refractivity contribution >= 4 is 29.1 Å². The zero-order valence-electron chi connectivity index (χ0n) is 10.5. The normalized spacial score (nSPS) is 10.4. The Balaban J connectivity index is 1.71. The molecule has 0 fully saturated rings. The van der Waals surface area contributed by atoms with Gasteiger partial charge < -0.3 is 10.5 Å². The summed E-state index contributed by atoms with van der Waals surface area (Å²) in [6, 6.07) is 15.4. The summed E-state index contributed by atoms with van der Waals surface area (Å²) in [5, 5.41) is 0.720. The maximum Gasteiger partial charge on any atom is 0.119 e. The smallest absolute Gasteiger partial charge is 0.119 e. The molecule has 0 aliphatic heterocycles. The second-order valence-electron chi connectivity index (χ2n) is 4.05. The van der Waals surface area contributed by atoms with Crippen molar-refractivity contribution < 1.29 is 4.74 Å². The topological polar surface area (TPSA) is 35.2 Å². The molecule has 2 aromatic carbocycles. The minimum absolute atomic E-state index is 0.706. The summed E-state index contributed by atoms with van der Waals surface area (Å²) in [5.41, 5.74) is 6.66. The third-order valence-electron chi connectivity index (χ3n) is 2.53. The number of nitrogens with two attached hydrogens (primary N) is 1. The molecular weight excluding hydrogens is 278 g/mol. The second-order valence-corrected chi connectivity index (χ2v) is 5.62. The molecular formula is C15H16ClNOS. The monoisotopic (exact) mass is 293 g/mol. The molecule has 0 atom stereocenters. The van der Waals surface area contributed by atoms with Crippen LogP contribution in [0.2, 0.25) is 5.02 Å². The van der Waals surface area contributed by atoms with Gasteiger partial charge in [0.2, 0.25) is 0 Å². The van der Waals surface area contributed by atoms with Crippen LogP contribution >= 0.6 is 23.4 Å². The van der Waals surface area contributed by atoms with Crippen LogP contribution in [0, 0.1) is 0 Å². The molecule has 0 saturated carbocycles. The third kappa shape index (κ3) is 4.69. The zero-order valence-corrected chi connectivity index (χ0v) is 12.1. The summed E-state index contributed by atoms with van der Waals surface area (Å²) in [5.74, 6) is 1.87. The Morgan fingerprint density at radius 3 is 2.68 bits per heavy atom. The minimum Gasteiger partial charge on any atom is -0.494 e. The molecule has 0 aliphatic carbocycles. The van der Waals surface area contributed by atoms with Crippen LogP contribution in [-0.2, 0) is 0 Å². The molecule has 0 amide bonds. The molecule has 0 heterocycles. The summed E-state index contributed by atoms with van der Waals surface area (Å²) >= 11 is 7.65. The van der Waals surface area contributed by atoms with Gasteiger partial charge >= 0.3 is 0 Å². The standard InChI is InChI=1S/C15H16ClNOS/c16-12-7-8-14(17)15(11-12)19-10-4-9-18-13-5-2-1-3-6-13/h1-3,5-8,11H,4,9-10,17H2. The van der Waals surface area contributed by atoms with Gasteiger partial charge in [-0.15, -0.1) is 11.8 Å². The van der Waals surface area contributed by atoms with Gasteiger partial charge in [-0.3, -0.25) is 0 Å². The van der Waals surface area contributed by atoms with Crippen LogP contribution in [0.3, 0.4) is 0 Å². The van der Waals surface area contributed by atoms with Gasteiger partial charge in [-0.05, 0) is 36.8 Å². The van der Waals surface area contributed by atoms with Gasteiger partial charge in [0.05, 0.1) is 6.61 Å². The maximum absolute atomic E-state index is 5.94. The Labute approximate surface area is 122 Å². The van der Waals surface area contributed by atoms with E-state index in [0.29, 0.717) is 6.61 Å². The number of para-hydroxylation sites is 1. The first-order chi connectivity index (χ1) is 9.25. The first kappa shape index (κ1) is 14.1. The van der Waals surface area contributed by atoms with E-state index in [1.54, 1.807) is 17.8 Å². The Morgan fingerprint density at radius 2 is 1.89 bits per heavy atom. The van der Waals surface area contributed by atoms with Crippen molar-refractivity contribution in [1.82, 2.24) is 0 Å². The van der Waals surface area contributed by atoms with Gasteiger partial charge in [-0.2, -0.15) is 0 Å². The number of hydrogen-bond acceptors (Lipinski definition) is 3. The maximum atomic E-state index is 5.94. The second kappa shape index (κ2) is 7.31. The highest BCUT2D eigenvalue weighted by Crippen LogP contribution is 2.28. The van der Waals surface area contributed by atoms with E-state index in [-0.39, 0.29) is 0 Å². The predicted molar refractivity (Wildman–Crippen MR) is 83.1 cm³/mol. The van der Waals surface area contributed by atoms with E-state index in [4.69, 9.17) is 22.1 Å². The van der Waals surface area contributed by atoms with Gasteiger partial charge in [0.1, 0.15) is 5.75 Å². The molecule has 0 aromatic heterocycles. The summed E-state index contributed by atoms with van der Waals surface area (Å²) in [4.78, 5) is 1.03. The number of hydrogen-bond donors (Lipinski definition) is 1. The fourth-order valence-electron chi connectivity index (χ4n) is 1.58. The molecule has 0 aliphatic rings. The Hall–Kier alpha value is -1.32. The Kier molecular flexibility index (Phi) is 5.43. The van der Waals surface area contributed by atoms with Crippen molar-refractivity contribution in [2.75, 3.05) is 18.1 Å². The number of nitrogen functional groups attached to an aromatic ring is 1. The third-order valence-corrected chi connectivity index (χ3v) is 3.93. The molecule has 0 spiro atoms. The van der Waals surface area contributed by atoms with Crippen LogP contribution in [0.1, 0.15) is 6.42 Å². The number of benzene rings is 2. The zero-order chi connectivity index (χ0) is 13.5. The van der Waals surface area contributed by atoms with Crippen molar-refractivity contribution in [3.8, 4) is 5.75 Å². The predicted octanol–water partition coefficient (Wildman–Crippen LogP) is 4.48. The molecule has 2 nitrogen and oxygen atoms in total. The van der Waals surface area contributed by atoms with E-state index < -0.39 is 0 Å². The molecule has 2 rings (SSSR count). The van der Waals surface area contributed by atoms with Gasteiger partial charge in [0, 0.05) is 21.4 Å². The lowest BCUT2D eigenvalue weighted by Gasteiger charge is -2.07. The summed E-state index contributed by atoms with van der Waals surface area (Å²) < 4.78 is 5.63. The molecule has 19 heavy (non-hydrogen) atoms. The summed E-state index contributed by atoms with van der Waals surface area (Å²) in [6.07, 6.45) is 0.964. The lowest BCUT2D eigenvalue weighted by Crippen LogP contribution is -1.98. The van der Waals surface area contributed by atoms with E-state index in [9.17, 15) is 0 Å². The van der Waals surface area contributed by atoms with Crippen LogP contribution in [-0.4, -0.2) is 12.4 Å². The number of rotatable bonds is 6. The Morgan fingerprint density at radius 1 is 1.11 bits per heavy atom. The highest BCUT2D eigenvalue weighted by Gasteiger charge is 2.01. The van der Waals surface area contributed by atoms with Crippen LogP contribution < -0.4 is 10.5 Å². The number of ether oxygens (including phenoxy) is 1. The van der Waals surface area contributed by atoms with E-state index in [0.717, 1.165) is 33.5 Å². The summed E-state index contributed by atoms with van der Waals surface area (Å²) in [7, 11) is 0. The van der Waals surface area contributed by atoms with Crippen molar-refractivity contribution in [2.24, 2.45) is 0 Å². The number of halogens is 1. The van der Waals surface area contributed by atoms with Crippen LogP contribution in [0.4, 0.5) is 5.69 Å². The van der Waals surface area contributed by atoms with Crippen molar-refractivity contribution in [3.05, 3.63) is 53.6 Å². The van der Waals surface area contributed by atoms with E-state index >= 15 is 0 Å². The highest BCUT2D eigenvalue weighted by molar-refractivity contribution is 7.99. The van der Waals surface area contributed by atoms with Gasteiger partial charge in [0.15, 0.2) is 0 Å². The fraction of sp³-hybridized carbons (Fsp3) is 0.200. The van der Waals surface area contributed by atoms with E-state index in [1.165, 1.54) is 0 Å². The minimum atomic E-state index is 0.706. The van der Waals surface area contributed by atoms with Gasteiger partial charge in [0.25, 0.3) is 0 Å². The molecule has 2 N–H and O–H groups in total. The van der Waals surface area contributed by atoms with Crippen LogP contribution in [0.25, 0.3) is 0 Å². The van der Waals surface area contributed by atoms with E-state index in [2.05, 4.69) is 0 Å². The molecule has 2 aromatic rings. The molecule has 0 bridgehead atoms. The average molecular weight is 294 g/mol. The molecule has 4 heteroatoms. The molecule has 100 valence electrons. The fourth-order valence-corrected chi connectivity index (χ4v) is 2.74. The highest BCUT2D eigenvalue weighted by atomic mass is 35.5. The number of anilines is 1. The lowest BCUT2D eigenvalue weighted by molar-refractivity contribution is 0.319. The SMILES string of the molecule is Nc1ccc(Cl)cc1SCCCOc1ccccc1.